The maximum Gasteiger partial charge on any atom is 0.191 e. The summed E-state index contributed by atoms with van der Waals surface area (Å²) in [5.41, 5.74) is 2.30. The van der Waals surface area contributed by atoms with Gasteiger partial charge in [-0.2, -0.15) is 5.10 Å². The molecule has 0 fully saturated rings. The highest BCUT2D eigenvalue weighted by Crippen LogP contribution is 2.17. The van der Waals surface area contributed by atoms with Gasteiger partial charge in [-0.15, -0.1) is 0 Å². The maximum absolute atomic E-state index is 6.22. The molecule has 0 aliphatic heterocycles. The van der Waals surface area contributed by atoms with Gasteiger partial charge in [0.2, 0.25) is 0 Å². The second-order valence-corrected chi connectivity index (χ2v) is 6.82. The van der Waals surface area contributed by atoms with Crippen molar-refractivity contribution in [1.82, 2.24) is 25.3 Å². The molecule has 1 aromatic heterocycles. The fraction of sp³-hybridized carbons (Fsp3) is 0.474. The van der Waals surface area contributed by atoms with Crippen LogP contribution in [0.15, 0.2) is 41.7 Å². The van der Waals surface area contributed by atoms with Crippen molar-refractivity contribution in [2.45, 2.75) is 19.4 Å². The van der Waals surface area contributed by atoms with Crippen LogP contribution in [0.2, 0.25) is 5.02 Å². The van der Waals surface area contributed by atoms with E-state index in [0.717, 1.165) is 41.6 Å². The van der Waals surface area contributed by atoms with Crippen LogP contribution < -0.4 is 10.6 Å². The predicted molar refractivity (Wildman–Crippen MR) is 109 cm³/mol. The minimum absolute atomic E-state index is 0.183. The molecule has 0 saturated carbocycles. The van der Waals surface area contributed by atoms with E-state index in [4.69, 9.17) is 16.6 Å². The van der Waals surface area contributed by atoms with E-state index >= 15 is 0 Å². The van der Waals surface area contributed by atoms with Gasteiger partial charge in [-0.05, 0) is 39.1 Å². The van der Waals surface area contributed by atoms with Gasteiger partial charge in [0, 0.05) is 36.9 Å². The van der Waals surface area contributed by atoms with Gasteiger partial charge < -0.3 is 15.5 Å². The summed E-state index contributed by atoms with van der Waals surface area (Å²) in [6.45, 7) is 4.31. The molecule has 0 spiro atoms. The van der Waals surface area contributed by atoms with Crippen LogP contribution in [-0.4, -0.2) is 54.4 Å². The Labute approximate surface area is 161 Å². The van der Waals surface area contributed by atoms with Crippen LogP contribution in [0.4, 0.5) is 0 Å². The molecular weight excluding hydrogens is 348 g/mol. The molecule has 1 atom stereocenters. The van der Waals surface area contributed by atoms with Gasteiger partial charge >= 0.3 is 0 Å². The maximum atomic E-state index is 6.22. The van der Waals surface area contributed by atoms with Crippen molar-refractivity contribution in [1.29, 1.82) is 0 Å². The smallest absolute Gasteiger partial charge is 0.191 e. The number of hydrogen-bond acceptors (Lipinski definition) is 3. The van der Waals surface area contributed by atoms with Gasteiger partial charge in [0.15, 0.2) is 5.96 Å². The van der Waals surface area contributed by atoms with E-state index < -0.39 is 0 Å². The lowest BCUT2D eigenvalue weighted by Crippen LogP contribution is -2.39. The molecule has 1 unspecified atom stereocenters. The number of guanidine groups is 1. The summed E-state index contributed by atoms with van der Waals surface area (Å²) in [5, 5.41) is 11.8. The first kappa shape index (κ1) is 20.3. The summed E-state index contributed by atoms with van der Waals surface area (Å²) in [6, 6.07) is 8.12. The quantitative estimate of drug-likeness (QED) is 0.549. The van der Waals surface area contributed by atoms with Crippen molar-refractivity contribution in [2.75, 3.05) is 33.7 Å². The second kappa shape index (κ2) is 10.2. The highest BCUT2D eigenvalue weighted by Gasteiger charge is 2.15. The molecule has 2 rings (SSSR count). The Hall–Kier alpha value is -2.05. The predicted octanol–water partition coefficient (Wildman–Crippen LogP) is 2.47. The molecule has 0 bridgehead atoms. The summed E-state index contributed by atoms with van der Waals surface area (Å²) in [7, 11) is 6.05. The topological polar surface area (TPSA) is 57.5 Å². The first-order valence-electron chi connectivity index (χ1n) is 8.91. The van der Waals surface area contributed by atoms with Crippen LogP contribution in [0.25, 0.3) is 0 Å². The van der Waals surface area contributed by atoms with Gasteiger partial charge in [0.1, 0.15) is 0 Å². The summed E-state index contributed by atoms with van der Waals surface area (Å²) in [6.07, 6.45) is 4.79. The molecule has 0 saturated heterocycles. The highest BCUT2D eigenvalue weighted by molar-refractivity contribution is 6.31. The zero-order valence-electron chi connectivity index (χ0n) is 16.0. The molecule has 6 nitrogen and oxygen atoms in total. The summed E-state index contributed by atoms with van der Waals surface area (Å²) in [5.74, 6) is 0.815. The normalized spacial score (nSPS) is 13.1. The molecule has 26 heavy (non-hydrogen) atoms. The third-order valence-corrected chi connectivity index (χ3v) is 4.51. The van der Waals surface area contributed by atoms with Crippen LogP contribution in [0.5, 0.6) is 0 Å². The lowest BCUT2D eigenvalue weighted by atomic mass is 10.1. The molecule has 2 N–H and O–H groups in total. The molecule has 0 amide bonds. The first-order chi connectivity index (χ1) is 12.5. The van der Waals surface area contributed by atoms with Gasteiger partial charge in [0.05, 0.1) is 18.8 Å². The number of halogens is 1. The Morgan fingerprint density at radius 1 is 1.31 bits per heavy atom. The fourth-order valence-corrected chi connectivity index (χ4v) is 2.95. The molecule has 7 heteroatoms. The van der Waals surface area contributed by atoms with Crippen molar-refractivity contribution in [3.63, 3.8) is 0 Å². The summed E-state index contributed by atoms with van der Waals surface area (Å²) < 4.78 is 1.82. The molecule has 0 aliphatic carbocycles. The number of likely N-dealkylation sites (N-methyl/N-ethyl adjacent to an activating group) is 1. The minimum atomic E-state index is 0.183. The molecule has 1 heterocycles. The Kier molecular flexibility index (Phi) is 7.94. The monoisotopic (exact) mass is 376 g/mol. The average Bonchev–Trinajstić information content (AvgIpc) is 3.02. The van der Waals surface area contributed by atoms with Crippen molar-refractivity contribution >= 4 is 17.6 Å². The second-order valence-electron chi connectivity index (χ2n) is 6.41. The third-order valence-electron chi connectivity index (χ3n) is 4.14. The minimum Gasteiger partial charge on any atom is -0.357 e. The lowest BCUT2D eigenvalue weighted by molar-refractivity contribution is 0.306. The lowest BCUT2D eigenvalue weighted by Gasteiger charge is -2.22. The van der Waals surface area contributed by atoms with Gasteiger partial charge in [-0.25, -0.2) is 0 Å². The van der Waals surface area contributed by atoms with Crippen LogP contribution in [0, 0.1) is 0 Å². The van der Waals surface area contributed by atoms with E-state index in [9.17, 15) is 0 Å². The van der Waals surface area contributed by atoms with E-state index in [0.29, 0.717) is 6.54 Å². The first-order valence-corrected chi connectivity index (χ1v) is 9.29. The molecule has 0 aliphatic rings. The number of rotatable bonds is 8. The Morgan fingerprint density at radius 2 is 2.08 bits per heavy atom. The Balaban J connectivity index is 1.97. The Bertz CT molecular complexity index is 710. The van der Waals surface area contributed by atoms with Gasteiger partial charge in [-0.3, -0.25) is 9.67 Å². The molecule has 1 aromatic carbocycles. The van der Waals surface area contributed by atoms with Gasteiger partial charge in [0.25, 0.3) is 0 Å². The highest BCUT2D eigenvalue weighted by atomic mass is 35.5. The number of nitrogens with zero attached hydrogens (tertiary/aromatic N) is 4. The number of aromatic nitrogens is 2. The number of hydrogen-bond donors (Lipinski definition) is 2. The third kappa shape index (κ3) is 6.04. The number of benzene rings is 1. The SMILES string of the molecule is CCNC(=NCC(c1cnn(C)c1)N(C)C)NCCc1ccccc1Cl. The van der Waals surface area contributed by atoms with Crippen LogP contribution in [0.1, 0.15) is 24.1 Å². The Morgan fingerprint density at radius 3 is 2.69 bits per heavy atom. The van der Waals surface area contributed by atoms with Crippen molar-refractivity contribution < 1.29 is 0 Å². The van der Waals surface area contributed by atoms with E-state index in [1.165, 1.54) is 0 Å². The van der Waals surface area contributed by atoms with Crippen molar-refractivity contribution in [2.24, 2.45) is 12.0 Å². The standard InChI is InChI=1S/C19H29ClN6/c1-5-21-19(22-11-10-15-8-6-7-9-17(15)20)23-13-18(25(2)3)16-12-24-26(4)14-16/h6-9,12,14,18H,5,10-11,13H2,1-4H3,(H2,21,22,23). The number of aliphatic imine (C=N–C) groups is 1. The summed E-state index contributed by atoms with van der Waals surface area (Å²) >= 11 is 6.22. The van der Waals surface area contributed by atoms with E-state index in [2.05, 4.69) is 47.7 Å². The molecule has 0 radical (unpaired) electrons. The number of nitrogens with one attached hydrogen (secondary N) is 2. The molecule has 2 aromatic rings. The zero-order chi connectivity index (χ0) is 18.9. The van der Waals surface area contributed by atoms with Crippen molar-refractivity contribution in [3.05, 3.63) is 52.8 Å². The fourth-order valence-electron chi connectivity index (χ4n) is 2.72. The zero-order valence-corrected chi connectivity index (χ0v) is 16.8. The van der Waals surface area contributed by atoms with Crippen LogP contribution in [0.3, 0.4) is 0 Å². The summed E-state index contributed by atoms with van der Waals surface area (Å²) in [4.78, 5) is 6.92. The van der Waals surface area contributed by atoms with Gasteiger partial charge in [-0.1, -0.05) is 29.8 Å². The number of aryl methyl sites for hydroxylation is 1. The van der Waals surface area contributed by atoms with Crippen molar-refractivity contribution in [3.8, 4) is 0 Å². The van der Waals surface area contributed by atoms with E-state index in [1.54, 1.807) is 0 Å². The van der Waals surface area contributed by atoms with Crippen LogP contribution in [-0.2, 0) is 13.5 Å². The van der Waals surface area contributed by atoms with Crippen LogP contribution >= 0.6 is 11.6 Å². The molecule has 142 valence electrons. The van der Waals surface area contributed by atoms with E-state index in [1.807, 2.05) is 42.3 Å². The largest absolute Gasteiger partial charge is 0.357 e. The average molecular weight is 377 g/mol. The molecular formula is C19H29ClN6. The van der Waals surface area contributed by atoms with E-state index in [-0.39, 0.29) is 6.04 Å².